The number of hydrogen-bond donors (Lipinski definition) is 2. The van der Waals surface area contributed by atoms with E-state index in [0.717, 1.165) is 11.1 Å². The maximum absolute atomic E-state index is 12.7. The number of ketones is 1. The monoisotopic (exact) mass is 322 g/mol. The van der Waals surface area contributed by atoms with Gasteiger partial charge in [0.1, 0.15) is 0 Å². The van der Waals surface area contributed by atoms with Gasteiger partial charge in [0.2, 0.25) is 11.8 Å². The highest BCUT2D eigenvalue weighted by Crippen LogP contribution is 2.39. The molecular formula is C19H18N2O3. The fourth-order valence-corrected chi connectivity index (χ4v) is 2.73. The van der Waals surface area contributed by atoms with Crippen LogP contribution in [-0.4, -0.2) is 17.6 Å². The van der Waals surface area contributed by atoms with Crippen LogP contribution in [0.25, 0.3) is 11.1 Å². The van der Waals surface area contributed by atoms with Gasteiger partial charge in [-0.3, -0.25) is 14.4 Å². The van der Waals surface area contributed by atoms with Crippen molar-refractivity contribution in [2.45, 2.75) is 26.7 Å². The second-order valence-electron chi connectivity index (χ2n) is 5.65. The fourth-order valence-electron chi connectivity index (χ4n) is 2.73. The molecule has 0 saturated heterocycles. The smallest absolute Gasteiger partial charge is 0.224 e. The lowest BCUT2D eigenvalue weighted by Crippen LogP contribution is -2.10. The van der Waals surface area contributed by atoms with Gasteiger partial charge in [0.15, 0.2) is 5.78 Å². The summed E-state index contributed by atoms with van der Waals surface area (Å²) in [6.07, 6.45) is 0.761. The number of fused-ring (bicyclic) bond motifs is 3. The van der Waals surface area contributed by atoms with E-state index in [1.807, 2.05) is 12.1 Å². The number of carbonyl (C=O) groups is 3. The Morgan fingerprint density at radius 1 is 0.750 bits per heavy atom. The SMILES string of the molecule is CCC(=O)Nc1ccc2c(c1)C(=O)c1cc(NC(=O)CC)ccc1-2. The van der Waals surface area contributed by atoms with Crippen LogP contribution in [0.2, 0.25) is 0 Å². The molecule has 0 aromatic heterocycles. The minimum absolute atomic E-state index is 0.0949. The van der Waals surface area contributed by atoms with E-state index in [-0.39, 0.29) is 17.6 Å². The summed E-state index contributed by atoms with van der Waals surface area (Å²) in [7, 11) is 0. The molecule has 0 atom stereocenters. The minimum Gasteiger partial charge on any atom is -0.326 e. The molecule has 2 N–H and O–H groups in total. The number of carbonyl (C=O) groups excluding carboxylic acids is 3. The maximum Gasteiger partial charge on any atom is 0.224 e. The number of amides is 2. The van der Waals surface area contributed by atoms with Crippen molar-refractivity contribution in [1.82, 2.24) is 0 Å². The van der Waals surface area contributed by atoms with E-state index in [9.17, 15) is 14.4 Å². The molecule has 5 nitrogen and oxygen atoms in total. The Balaban J connectivity index is 1.95. The highest BCUT2D eigenvalue weighted by molar-refractivity contribution is 6.22. The van der Waals surface area contributed by atoms with Gasteiger partial charge in [0, 0.05) is 35.3 Å². The van der Waals surface area contributed by atoms with Crippen molar-refractivity contribution in [2.24, 2.45) is 0 Å². The van der Waals surface area contributed by atoms with Gasteiger partial charge in [-0.05, 0) is 35.4 Å². The maximum atomic E-state index is 12.7. The third-order valence-electron chi connectivity index (χ3n) is 4.03. The summed E-state index contributed by atoms with van der Waals surface area (Å²) in [6, 6.07) is 10.7. The third kappa shape index (κ3) is 2.80. The van der Waals surface area contributed by atoms with Crippen molar-refractivity contribution in [2.75, 3.05) is 10.6 Å². The van der Waals surface area contributed by atoms with E-state index in [0.29, 0.717) is 35.3 Å². The molecule has 2 aromatic carbocycles. The van der Waals surface area contributed by atoms with Crippen LogP contribution in [0.5, 0.6) is 0 Å². The second kappa shape index (κ2) is 6.28. The van der Waals surface area contributed by atoms with Gasteiger partial charge < -0.3 is 10.6 Å². The predicted octanol–water partition coefficient (Wildman–Crippen LogP) is 3.60. The number of anilines is 2. The lowest BCUT2D eigenvalue weighted by Gasteiger charge is -2.06. The summed E-state index contributed by atoms with van der Waals surface area (Å²) < 4.78 is 0. The van der Waals surface area contributed by atoms with E-state index in [4.69, 9.17) is 0 Å². The Morgan fingerprint density at radius 2 is 1.17 bits per heavy atom. The molecule has 3 rings (SSSR count). The molecule has 2 amide bonds. The molecular weight excluding hydrogens is 304 g/mol. The van der Waals surface area contributed by atoms with Crippen molar-refractivity contribution < 1.29 is 14.4 Å². The Kier molecular flexibility index (Phi) is 4.16. The summed E-state index contributed by atoms with van der Waals surface area (Å²) in [4.78, 5) is 35.7. The first-order chi connectivity index (χ1) is 11.5. The zero-order valence-electron chi connectivity index (χ0n) is 13.6. The van der Waals surface area contributed by atoms with Crippen LogP contribution in [0.3, 0.4) is 0 Å². The Labute approximate surface area is 140 Å². The number of nitrogens with one attached hydrogen (secondary N) is 2. The lowest BCUT2D eigenvalue weighted by molar-refractivity contribution is -0.116. The first kappa shape index (κ1) is 15.9. The van der Waals surface area contributed by atoms with Crippen LogP contribution in [0.15, 0.2) is 36.4 Å². The molecule has 122 valence electrons. The molecule has 0 bridgehead atoms. The van der Waals surface area contributed by atoms with Gasteiger partial charge in [-0.25, -0.2) is 0 Å². The van der Waals surface area contributed by atoms with Crippen molar-refractivity contribution in [3.05, 3.63) is 47.5 Å². The second-order valence-corrected chi connectivity index (χ2v) is 5.65. The van der Waals surface area contributed by atoms with E-state index in [1.165, 1.54) is 0 Å². The lowest BCUT2D eigenvalue weighted by atomic mass is 10.0. The topological polar surface area (TPSA) is 75.3 Å². The summed E-state index contributed by atoms with van der Waals surface area (Å²) in [5, 5.41) is 5.53. The molecule has 0 spiro atoms. The average molecular weight is 322 g/mol. The van der Waals surface area contributed by atoms with Gasteiger partial charge in [-0.15, -0.1) is 0 Å². The zero-order valence-corrected chi connectivity index (χ0v) is 13.6. The molecule has 0 unspecified atom stereocenters. The van der Waals surface area contributed by atoms with E-state index in [2.05, 4.69) is 10.6 Å². The summed E-state index contributed by atoms with van der Waals surface area (Å²) in [5.41, 5.74) is 4.05. The van der Waals surface area contributed by atoms with Crippen molar-refractivity contribution in [1.29, 1.82) is 0 Å². The molecule has 24 heavy (non-hydrogen) atoms. The van der Waals surface area contributed by atoms with Crippen molar-refractivity contribution >= 4 is 29.0 Å². The molecule has 0 saturated carbocycles. The first-order valence-electron chi connectivity index (χ1n) is 7.96. The van der Waals surface area contributed by atoms with Gasteiger partial charge in [0.25, 0.3) is 0 Å². The van der Waals surface area contributed by atoms with Crippen LogP contribution in [0, 0.1) is 0 Å². The first-order valence-corrected chi connectivity index (χ1v) is 7.96. The molecule has 0 radical (unpaired) electrons. The van der Waals surface area contributed by atoms with Gasteiger partial charge in [-0.2, -0.15) is 0 Å². The minimum atomic E-state index is -0.0970. The largest absolute Gasteiger partial charge is 0.326 e. The van der Waals surface area contributed by atoms with Gasteiger partial charge >= 0.3 is 0 Å². The number of rotatable bonds is 4. The van der Waals surface area contributed by atoms with Crippen LogP contribution in [0.4, 0.5) is 11.4 Å². The van der Waals surface area contributed by atoms with Crippen LogP contribution in [-0.2, 0) is 9.59 Å². The fraction of sp³-hybridized carbons (Fsp3) is 0.211. The zero-order chi connectivity index (χ0) is 17.3. The molecule has 0 fully saturated rings. The van der Waals surface area contributed by atoms with Gasteiger partial charge in [-0.1, -0.05) is 26.0 Å². The molecule has 0 aliphatic heterocycles. The Bertz CT molecular complexity index is 786. The predicted molar refractivity (Wildman–Crippen MR) is 93.2 cm³/mol. The molecule has 1 aliphatic rings. The third-order valence-corrected chi connectivity index (χ3v) is 4.03. The average Bonchev–Trinajstić information content (AvgIpc) is 2.87. The van der Waals surface area contributed by atoms with Crippen LogP contribution < -0.4 is 10.6 Å². The normalized spacial score (nSPS) is 11.7. The van der Waals surface area contributed by atoms with Gasteiger partial charge in [0.05, 0.1) is 0 Å². The molecule has 2 aromatic rings. The number of hydrogen-bond acceptors (Lipinski definition) is 3. The Morgan fingerprint density at radius 3 is 1.54 bits per heavy atom. The molecule has 0 heterocycles. The quantitative estimate of drug-likeness (QED) is 0.770. The van der Waals surface area contributed by atoms with E-state index in [1.54, 1.807) is 38.1 Å². The van der Waals surface area contributed by atoms with E-state index < -0.39 is 0 Å². The molecule has 5 heteroatoms. The Hall–Kier alpha value is -2.95. The van der Waals surface area contributed by atoms with Crippen LogP contribution >= 0.6 is 0 Å². The molecule has 1 aliphatic carbocycles. The standard InChI is InChI=1S/C19H18N2O3/c1-3-17(22)20-11-5-7-13-14-8-6-12(21-18(23)4-2)10-16(14)19(24)15(13)9-11/h5-10H,3-4H2,1-2H3,(H,20,22)(H,21,23). The van der Waals surface area contributed by atoms with Crippen molar-refractivity contribution in [3.8, 4) is 11.1 Å². The highest BCUT2D eigenvalue weighted by Gasteiger charge is 2.27. The van der Waals surface area contributed by atoms with E-state index >= 15 is 0 Å². The summed E-state index contributed by atoms with van der Waals surface area (Å²) in [6.45, 7) is 3.55. The summed E-state index contributed by atoms with van der Waals surface area (Å²) >= 11 is 0. The summed E-state index contributed by atoms with van der Waals surface area (Å²) in [5.74, 6) is -0.287. The van der Waals surface area contributed by atoms with Crippen molar-refractivity contribution in [3.63, 3.8) is 0 Å². The number of benzene rings is 2. The van der Waals surface area contributed by atoms with Crippen LogP contribution in [0.1, 0.15) is 42.6 Å². The highest BCUT2D eigenvalue weighted by atomic mass is 16.2.